The van der Waals surface area contributed by atoms with Crippen molar-refractivity contribution < 1.29 is 23.0 Å². The minimum absolute atomic E-state index is 0.0566. The number of pyridine rings is 1. The smallest absolute Gasteiger partial charge is 0.388 e. The van der Waals surface area contributed by atoms with E-state index in [9.17, 15) is 18.3 Å². The summed E-state index contributed by atoms with van der Waals surface area (Å²) in [4.78, 5) is 5.02. The second-order valence-electron chi connectivity index (χ2n) is 10.8. The van der Waals surface area contributed by atoms with Gasteiger partial charge in [0.05, 0.1) is 11.7 Å². The highest BCUT2D eigenvalue weighted by molar-refractivity contribution is 7.12. The molecule has 1 spiro atoms. The largest absolute Gasteiger partial charge is 0.425 e. The van der Waals surface area contributed by atoms with Crippen LogP contribution in [0.4, 0.5) is 13.2 Å². The Morgan fingerprint density at radius 2 is 1.84 bits per heavy atom. The van der Waals surface area contributed by atoms with Crippen LogP contribution in [0.15, 0.2) is 12.1 Å². The number of hydrogen-bond acceptors (Lipinski definition) is 4. The molecule has 1 unspecified atom stereocenters. The normalized spacial score (nSPS) is 26.0. The number of aliphatic hydroxyl groups excluding tert-OH is 1. The molecule has 0 radical (unpaired) electrons. The van der Waals surface area contributed by atoms with Crippen LogP contribution in [0.1, 0.15) is 116 Å². The number of ether oxygens (including phenoxy) is 1. The van der Waals surface area contributed by atoms with Crippen molar-refractivity contribution in [2.24, 2.45) is 5.41 Å². The van der Waals surface area contributed by atoms with E-state index in [0.29, 0.717) is 11.3 Å². The van der Waals surface area contributed by atoms with Gasteiger partial charge in [0.15, 0.2) is 0 Å². The number of nitrogens with zero attached hydrogens (tertiary/aromatic N) is 1. The van der Waals surface area contributed by atoms with E-state index in [-0.39, 0.29) is 11.3 Å². The molecule has 0 aromatic carbocycles. The molecule has 2 atom stereocenters. The van der Waals surface area contributed by atoms with Gasteiger partial charge in [-0.1, -0.05) is 40.5 Å². The fourth-order valence-corrected chi connectivity index (χ4v) is 6.94. The average Bonchev–Trinajstić information content (AvgIpc) is 3.39. The van der Waals surface area contributed by atoms with Gasteiger partial charge in [-0.25, -0.2) is 0 Å². The van der Waals surface area contributed by atoms with Crippen LogP contribution in [0.5, 0.6) is 0 Å². The zero-order chi connectivity index (χ0) is 23.1. The maximum Gasteiger partial charge on any atom is 0.425 e. The molecule has 1 N–H and O–H groups in total. The lowest BCUT2D eigenvalue weighted by Gasteiger charge is -2.38. The Morgan fingerprint density at radius 3 is 2.44 bits per heavy atom. The molecule has 32 heavy (non-hydrogen) atoms. The van der Waals surface area contributed by atoms with Crippen LogP contribution in [-0.4, -0.2) is 10.1 Å². The second kappa shape index (κ2) is 7.28. The molecule has 174 valence electrons. The SMILES string of the molecule is CC(C)c1nc2c(c3c1[C@@H](c1ccc(C(F)(F)F)s1)OC31CCCC1)C(O)CC(C)(C)C2. The maximum absolute atomic E-state index is 13.4. The van der Waals surface area contributed by atoms with Crippen molar-refractivity contribution in [3.05, 3.63) is 50.0 Å². The Morgan fingerprint density at radius 1 is 1.16 bits per heavy atom. The van der Waals surface area contributed by atoms with E-state index < -0.39 is 28.9 Å². The van der Waals surface area contributed by atoms with E-state index in [2.05, 4.69) is 27.7 Å². The summed E-state index contributed by atoms with van der Waals surface area (Å²) in [5.74, 6) is 0.0981. The maximum atomic E-state index is 13.4. The quantitative estimate of drug-likeness (QED) is 0.511. The predicted octanol–water partition coefficient (Wildman–Crippen LogP) is 7.18. The molecule has 3 heterocycles. The Bertz CT molecular complexity index is 1050. The Labute approximate surface area is 191 Å². The number of aliphatic hydroxyl groups is 1. The third-order valence-corrected chi connectivity index (χ3v) is 8.46. The van der Waals surface area contributed by atoms with E-state index in [1.807, 2.05) is 0 Å². The van der Waals surface area contributed by atoms with Gasteiger partial charge in [-0.3, -0.25) is 4.98 Å². The van der Waals surface area contributed by atoms with Crippen molar-refractivity contribution >= 4 is 11.3 Å². The molecular weight excluding hydrogens is 435 g/mol. The first kappa shape index (κ1) is 22.4. The van der Waals surface area contributed by atoms with E-state index >= 15 is 0 Å². The molecule has 1 fully saturated rings. The Balaban J connectivity index is 1.76. The summed E-state index contributed by atoms with van der Waals surface area (Å²) in [6.45, 7) is 8.45. The summed E-state index contributed by atoms with van der Waals surface area (Å²) < 4.78 is 46.8. The molecule has 0 amide bonds. The molecule has 2 aromatic rings. The van der Waals surface area contributed by atoms with Crippen molar-refractivity contribution in [1.29, 1.82) is 0 Å². The molecule has 2 aliphatic carbocycles. The standard InChI is InChI=1S/C25H30F3NO2S/c1-13(2)21-19-20(18-14(29-21)11-23(3,4)12-15(18)30)24(9-5-6-10-24)31-22(19)16-7-8-17(32-16)25(26,27)28/h7-8,13,15,22,30H,5-6,9-12H2,1-4H3/t15?,22-/m1/s1. The molecule has 0 saturated heterocycles. The Hall–Kier alpha value is -1.44. The summed E-state index contributed by atoms with van der Waals surface area (Å²) in [6.07, 6.45) is -0.452. The van der Waals surface area contributed by atoms with E-state index in [4.69, 9.17) is 9.72 Å². The lowest BCUT2D eigenvalue weighted by molar-refractivity contribution is -0.134. The topological polar surface area (TPSA) is 42.4 Å². The van der Waals surface area contributed by atoms with Gasteiger partial charge >= 0.3 is 6.18 Å². The monoisotopic (exact) mass is 465 g/mol. The Kier molecular flexibility index (Phi) is 5.08. The summed E-state index contributed by atoms with van der Waals surface area (Å²) in [6, 6.07) is 2.71. The summed E-state index contributed by atoms with van der Waals surface area (Å²) >= 11 is 0.761. The van der Waals surface area contributed by atoms with Crippen LogP contribution in [0.3, 0.4) is 0 Å². The number of aromatic nitrogens is 1. The lowest BCUT2D eigenvalue weighted by atomic mass is 9.70. The minimum atomic E-state index is -4.37. The van der Waals surface area contributed by atoms with Gasteiger partial charge in [-0.2, -0.15) is 13.2 Å². The average molecular weight is 466 g/mol. The first-order chi connectivity index (χ1) is 14.9. The first-order valence-corrected chi connectivity index (χ1v) is 12.3. The minimum Gasteiger partial charge on any atom is -0.388 e. The van der Waals surface area contributed by atoms with Crippen LogP contribution in [0.25, 0.3) is 0 Å². The zero-order valence-electron chi connectivity index (χ0n) is 19.0. The summed E-state index contributed by atoms with van der Waals surface area (Å²) in [5.41, 5.74) is 4.09. The number of alkyl halides is 3. The van der Waals surface area contributed by atoms with Crippen LogP contribution < -0.4 is 0 Å². The molecule has 7 heteroatoms. The number of hydrogen-bond donors (Lipinski definition) is 1. The molecule has 2 aromatic heterocycles. The fourth-order valence-electron chi connectivity index (χ4n) is 6.03. The molecule has 1 saturated carbocycles. The molecule has 5 rings (SSSR count). The van der Waals surface area contributed by atoms with Gasteiger partial charge in [-0.15, -0.1) is 11.3 Å². The second-order valence-corrected chi connectivity index (χ2v) is 11.9. The number of thiophene rings is 1. The van der Waals surface area contributed by atoms with E-state index in [1.165, 1.54) is 0 Å². The third-order valence-electron chi connectivity index (χ3n) is 7.29. The fraction of sp³-hybridized carbons (Fsp3) is 0.640. The highest BCUT2D eigenvalue weighted by atomic mass is 32.1. The van der Waals surface area contributed by atoms with Gasteiger partial charge in [0.25, 0.3) is 0 Å². The highest BCUT2D eigenvalue weighted by Gasteiger charge is 2.53. The van der Waals surface area contributed by atoms with Crippen molar-refractivity contribution in [3.8, 4) is 0 Å². The van der Waals surface area contributed by atoms with E-state index in [1.54, 1.807) is 6.07 Å². The van der Waals surface area contributed by atoms with Gasteiger partial charge < -0.3 is 9.84 Å². The summed E-state index contributed by atoms with van der Waals surface area (Å²) in [5, 5.41) is 11.3. The number of fused-ring (bicyclic) bond motifs is 4. The van der Waals surface area contributed by atoms with Gasteiger partial charge in [0.2, 0.25) is 0 Å². The lowest BCUT2D eigenvalue weighted by Crippen LogP contribution is -2.32. The number of halogens is 3. The summed E-state index contributed by atoms with van der Waals surface area (Å²) in [7, 11) is 0. The third kappa shape index (κ3) is 3.43. The first-order valence-electron chi connectivity index (χ1n) is 11.5. The van der Waals surface area contributed by atoms with Crippen LogP contribution in [-0.2, 0) is 22.9 Å². The van der Waals surface area contributed by atoms with Crippen LogP contribution in [0, 0.1) is 5.41 Å². The van der Waals surface area contributed by atoms with Crippen LogP contribution >= 0.6 is 11.3 Å². The van der Waals surface area contributed by atoms with Gasteiger partial charge in [0.1, 0.15) is 11.0 Å². The molecule has 0 bridgehead atoms. The number of rotatable bonds is 2. The van der Waals surface area contributed by atoms with Gasteiger partial charge in [-0.05, 0) is 54.7 Å². The van der Waals surface area contributed by atoms with Crippen molar-refractivity contribution in [2.45, 2.75) is 96.1 Å². The van der Waals surface area contributed by atoms with E-state index in [0.717, 1.165) is 77.6 Å². The zero-order valence-corrected chi connectivity index (χ0v) is 19.8. The molecular formula is C25H30F3NO2S. The molecule has 3 nitrogen and oxygen atoms in total. The van der Waals surface area contributed by atoms with Crippen molar-refractivity contribution in [1.82, 2.24) is 4.98 Å². The predicted molar refractivity (Wildman–Crippen MR) is 118 cm³/mol. The highest BCUT2D eigenvalue weighted by Crippen LogP contribution is 2.60. The van der Waals surface area contributed by atoms with Crippen LogP contribution in [0.2, 0.25) is 0 Å². The molecule has 1 aliphatic heterocycles. The molecule has 3 aliphatic rings. The van der Waals surface area contributed by atoms with Crippen molar-refractivity contribution in [2.75, 3.05) is 0 Å². The van der Waals surface area contributed by atoms with Crippen molar-refractivity contribution in [3.63, 3.8) is 0 Å². The van der Waals surface area contributed by atoms with Gasteiger partial charge in [0, 0.05) is 27.4 Å².